The average molecular weight is 608 g/mol. The topological polar surface area (TPSA) is 137 Å². The van der Waals surface area contributed by atoms with Crippen LogP contribution in [0, 0.1) is 0 Å². The molecule has 1 saturated heterocycles. The van der Waals surface area contributed by atoms with E-state index in [2.05, 4.69) is 47.8 Å². The van der Waals surface area contributed by atoms with Crippen molar-refractivity contribution in [2.24, 2.45) is 0 Å². The SMILES string of the molecule is CN1CC2(CCN(Cc3ccncc3)CC2)c2nc(C(C)(C)C)ncc2C1=O.O=C(O)C(F)(F)F.O=C(O)C(F)(F)F. The maximum absolute atomic E-state index is 12.7. The van der Waals surface area contributed by atoms with Crippen LogP contribution in [0.15, 0.2) is 30.7 Å². The van der Waals surface area contributed by atoms with Gasteiger partial charge in [0.1, 0.15) is 5.82 Å². The second kappa shape index (κ2) is 13.0. The van der Waals surface area contributed by atoms with Gasteiger partial charge in [-0.1, -0.05) is 20.8 Å². The molecule has 0 atom stereocenters. The molecule has 42 heavy (non-hydrogen) atoms. The van der Waals surface area contributed by atoms with Gasteiger partial charge in [0.05, 0.1) is 11.3 Å². The average Bonchev–Trinajstić information content (AvgIpc) is 2.88. The minimum Gasteiger partial charge on any atom is -0.475 e. The van der Waals surface area contributed by atoms with Crippen LogP contribution in [-0.4, -0.2) is 91.8 Å². The largest absolute Gasteiger partial charge is 0.490 e. The summed E-state index contributed by atoms with van der Waals surface area (Å²) in [4.78, 5) is 48.5. The zero-order valence-corrected chi connectivity index (χ0v) is 23.3. The first-order valence-corrected chi connectivity index (χ1v) is 12.5. The number of alkyl halides is 6. The molecule has 4 rings (SSSR count). The first kappa shape index (κ1) is 34.4. The summed E-state index contributed by atoms with van der Waals surface area (Å²) in [6, 6.07) is 4.16. The third-order valence-electron chi connectivity index (χ3n) is 6.53. The molecular weight excluding hydrogens is 576 g/mol. The smallest absolute Gasteiger partial charge is 0.475 e. The Morgan fingerprint density at radius 3 is 1.86 bits per heavy atom. The number of piperidine rings is 1. The fraction of sp³-hybridized carbons (Fsp3) is 0.538. The van der Waals surface area contributed by atoms with E-state index in [0.29, 0.717) is 5.56 Å². The lowest BCUT2D eigenvalue weighted by Gasteiger charge is -2.46. The van der Waals surface area contributed by atoms with Gasteiger partial charge in [-0.2, -0.15) is 26.3 Å². The predicted molar refractivity (Wildman–Crippen MR) is 136 cm³/mol. The normalized spacial score (nSPS) is 16.9. The van der Waals surface area contributed by atoms with Gasteiger partial charge in [0.2, 0.25) is 0 Å². The molecule has 2 aromatic heterocycles. The lowest BCUT2D eigenvalue weighted by Crippen LogP contribution is -2.54. The van der Waals surface area contributed by atoms with E-state index < -0.39 is 24.3 Å². The van der Waals surface area contributed by atoms with Crippen LogP contribution in [-0.2, 0) is 27.0 Å². The van der Waals surface area contributed by atoms with E-state index in [9.17, 15) is 31.1 Å². The summed E-state index contributed by atoms with van der Waals surface area (Å²) >= 11 is 0. The number of likely N-dealkylation sites (tertiary alicyclic amines) is 1. The third kappa shape index (κ3) is 9.09. The van der Waals surface area contributed by atoms with Gasteiger partial charge in [-0.15, -0.1) is 0 Å². The molecule has 0 radical (unpaired) electrons. The highest BCUT2D eigenvalue weighted by Gasteiger charge is 2.46. The van der Waals surface area contributed by atoms with Crippen LogP contribution in [0.4, 0.5) is 26.3 Å². The molecule has 2 aliphatic rings. The lowest BCUT2D eigenvalue weighted by atomic mass is 9.71. The molecule has 1 spiro atoms. The minimum atomic E-state index is -5.08. The highest BCUT2D eigenvalue weighted by atomic mass is 19.4. The van der Waals surface area contributed by atoms with Crippen molar-refractivity contribution < 1.29 is 50.9 Å². The van der Waals surface area contributed by atoms with Crippen molar-refractivity contribution >= 4 is 17.8 Å². The van der Waals surface area contributed by atoms with Crippen LogP contribution < -0.4 is 0 Å². The molecule has 2 N–H and O–H groups in total. The summed E-state index contributed by atoms with van der Waals surface area (Å²) in [5, 5.41) is 14.2. The standard InChI is InChI=1S/C22H29N5O.2C2HF3O2/c1-21(2,3)20-24-13-17-18(25-20)22(15-26(4)19(17)28)7-11-27(12-8-22)14-16-5-9-23-10-6-16;2*3-2(4,5)1(6)7/h5-6,9-10,13H,7-8,11-12,14-15H2,1-4H3;2*(H,6,7). The van der Waals surface area contributed by atoms with Crippen molar-refractivity contribution in [3.63, 3.8) is 0 Å². The number of carboxylic acid groups (broad SMARTS) is 2. The van der Waals surface area contributed by atoms with E-state index >= 15 is 0 Å². The number of rotatable bonds is 2. The van der Waals surface area contributed by atoms with Crippen LogP contribution >= 0.6 is 0 Å². The third-order valence-corrected chi connectivity index (χ3v) is 6.53. The van der Waals surface area contributed by atoms with Gasteiger partial charge in [0, 0.05) is 49.6 Å². The molecule has 10 nitrogen and oxygen atoms in total. The van der Waals surface area contributed by atoms with E-state index in [1.165, 1.54) is 5.56 Å². The number of aliphatic carboxylic acids is 2. The first-order chi connectivity index (χ1) is 19.2. The number of likely N-dealkylation sites (N-methyl/N-ethyl adjacent to an activating group) is 1. The van der Waals surface area contributed by atoms with E-state index in [-0.39, 0.29) is 16.7 Å². The van der Waals surface area contributed by atoms with Gasteiger partial charge in [-0.05, 0) is 43.6 Å². The summed E-state index contributed by atoms with van der Waals surface area (Å²) in [6.45, 7) is 10.0. The Bertz CT molecular complexity index is 1230. The molecule has 2 aromatic rings. The Morgan fingerprint density at radius 1 is 0.952 bits per heavy atom. The van der Waals surface area contributed by atoms with Gasteiger partial charge in [-0.3, -0.25) is 14.7 Å². The number of pyridine rings is 1. The van der Waals surface area contributed by atoms with Gasteiger partial charge in [0.15, 0.2) is 0 Å². The number of carbonyl (C=O) groups is 3. The van der Waals surface area contributed by atoms with Gasteiger partial charge < -0.3 is 15.1 Å². The second-order valence-electron chi connectivity index (χ2n) is 10.9. The Labute approximate surface area is 237 Å². The van der Waals surface area contributed by atoms with Crippen LogP contribution in [0.5, 0.6) is 0 Å². The summed E-state index contributed by atoms with van der Waals surface area (Å²) in [7, 11) is 1.90. The van der Waals surface area contributed by atoms with Crippen molar-refractivity contribution in [2.45, 2.75) is 63.3 Å². The van der Waals surface area contributed by atoms with Gasteiger partial charge >= 0.3 is 24.3 Å². The highest BCUT2D eigenvalue weighted by Crippen LogP contribution is 2.41. The van der Waals surface area contributed by atoms with Gasteiger partial charge in [-0.25, -0.2) is 19.6 Å². The zero-order chi connectivity index (χ0) is 32.1. The molecule has 0 aliphatic carbocycles. The monoisotopic (exact) mass is 607 g/mol. The van der Waals surface area contributed by atoms with E-state index in [1.807, 2.05) is 24.3 Å². The summed E-state index contributed by atoms with van der Waals surface area (Å²) in [6.07, 6.45) is -2.70. The minimum absolute atomic E-state index is 0.0419. The van der Waals surface area contributed by atoms with Crippen LogP contribution in [0.3, 0.4) is 0 Å². The Hall–Kier alpha value is -3.82. The van der Waals surface area contributed by atoms with E-state index in [0.717, 1.165) is 50.5 Å². The first-order valence-electron chi connectivity index (χ1n) is 12.5. The summed E-state index contributed by atoms with van der Waals surface area (Å²) < 4.78 is 63.5. The van der Waals surface area contributed by atoms with Crippen molar-refractivity contribution in [3.8, 4) is 0 Å². The predicted octanol–water partition coefficient (Wildman–Crippen LogP) is 4.06. The molecule has 232 valence electrons. The zero-order valence-electron chi connectivity index (χ0n) is 23.3. The fourth-order valence-electron chi connectivity index (χ4n) is 4.39. The molecule has 1 amide bonds. The Morgan fingerprint density at radius 2 is 1.43 bits per heavy atom. The number of fused-ring (bicyclic) bond motifs is 2. The second-order valence-corrected chi connectivity index (χ2v) is 10.9. The quantitative estimate of drug-likeness (QED) is 0.485. The fourth-order valence-corrected chi connectivity index (χ4v) is 4.39. The molecule has 1 fully saturated rings. The number of carboxylic acids is 2. The van der Waals surface area contributed by atoms with Crippen LogP contribution in [0.1, 0.15) is 61.1 Å². The Balaban J connectivity index is 0.000000367. The molecule has 0 aromatic carbocycles. The molecular formula is C26H31F6N5O5. The highest BCUT2D eigenvalue weighted by molar-refractivity contribution is 5.96. The van der Waals surface area contributed by atoms with E-state index in [1.54, 1.807) is 6.20 Å². The maximum Gasteiger partial charge on any atom is 0.490 e. The number of amides is 1. The van der Waals surface area contributed by atoms with Gasteiger partial charge in [0.25, 0.3) is 5.91 Å². The molecule has 2 aliphatic heterocycles. The molecule has 0 unspecified atom stereocenters. The van der Waals surface area contributed by atoms with Crippen molar-refractivity contribution in [1.29, 1.82) is 0 Å². The number of aromatic nitrogens is 3. The maximum atomic E-state index is 12.7. The Kier molecular flexibility index (Phi) is 10.6. The van der Waals surface area contributed by atoms with Crippen molar-refractivity contribution in [1.82, 2.24) is 24.8 Å². The van der Waals surface area contributed by atoms with Crippen molar-refractivity contribution in [3.05, 3.63) is 53.4 Å². The number of hydrogen-bond acceptors (Lipinski definition) is 7. The molecule has 16 heteroatoms. The number of hydrogen-bond donors (Lipinski definition) is 2. The summed E-state index contributed by atoms with van der Waals surface area (Å²) in [5.74, 6) is -4.65. The lowest BCUT2D eigenvalue weighted by molar-refractivity contribution is -0.193. The molecule has 4 heterocycles. The van der Waals surface area contributed by atoms with Crippen molar-refractivity contribution in [2.75, 3.05) is 26.7 Å². The van der Waals surface area contributed by atoms with Crippen LogP contribution in [0.25, 0.3) is 0 Å². The van der Waals surface area contributed by atoms with E-state index in [4.69, 9.17) is 24.8 Å². The number of halogens is 6. The molecule has 0 bridgehead atoms. The number of nitrogens with zero attached hydrogens (tertiary/aromatic N) is 5. The summed E-state index contributed by atoms with van der Waals surface area (Å²) in [5.41, 5.74) is 2.74. The number of carbonyl (C=O) groups excluding carboxylic acids is 1. The molecule has 0 saturated carbocycles. The van der Waals surface area contributed by atoms with Crippen LogP contribution in [0.2, 0.25) is 0 Å².